The Balaban J connectivity index is 1.40. The molecule has 1 atom stereocenters. The van der Waals surface area contributed by atoms with E-state index in [9.17, 15) is 13.2 Å². The monoisotopic (exact) mass is 438 g/mol. The Labute approximate surface area is 180 Å². The van der Waals surface area contributed by atoms with Crippen LogP contribution in [0.2, 0.25) is 0 Å². The van der Waals surface area contributed by atoms with Crippen LogP contribution in [-0.4, -0.2) is 42.6 Å². The second-order valence-corrected chi connectivity index (χ2v) is 8.92. The van der Waals surface area contributed by atoms with Crippen LogP contribution >= 0.6 is 0 Å². The molecule has 1 amide bonds. The molecule has 0 bridgehead atoms. The van der Waals surface area contributed by atoms with Crippen molar-refractivity contribution in [1.29, 1.82) is 0 Å². The van der Waals surface area contributed by atoms with E-state index in [1.807, 2.05) is 24.3 Å². The summed E-state index contributed by atoms with van der Waals surface area (Å²) in [6, 6.07) is 13.4. The zero-order chi connectivity index (χ0) is 21.8. The predicted molar refractivity (Wildman–Crippen MR) is 117 cm³/mol. The molecule has 31 heavy (non-hydrogen) atoms. The van der Waals surface area contributed by atoms with E-state index in [4.69, 9.17) is 5.14 Å². The number of hydrogen-bond acceptors (Lipinski definition) is 7. The maximum absolute atomic E-state index is 12.7. The molecule has 1 fully saturated rings. The molecule has 1 aliphatic rings. The van der Waals surface area contributed by atoms with Crippen LogP contribution in [0.1, 0.15) is 12.8 Å². The fraction of sp³-hybridized carbons (Fsp3) is 0.238. The highest BCUT2D eigenvalue weighted by Crippen LogP contribution is 2.24. The topological polar surface area (TPSA) is 131 Å². The summed E-state index contributed by atoms with van der Waals surface area (Å²) < 4.78 is 22.7. The molecular formula is C21H22N6O3S. The van der Waals surface area contributed by atoms with Crippen molar-refractivity contribution < 1.29 is 13.2 Å². The summed E-state index contributed by atoms with van der Waals surface area (Å²) in [6.45, 7) is 1.33. The molecule has 9 nitrogen and oxygen atoms in total. The molecule has 0 radical (unpaired) electrons. The lowest BCUT2D eigenvalue weighted by Gasteiger charge is -2.32. The van der Waals surface area contributed by atoms with Crippen molar-refractivity contribution in [2.45, 2.75) is 17.7 Å². The molecule has 3 aromatic rings. The van der Waals surface area contributed by atoms with Gasteiger partial charge in [-0.2, -0.15) is 0 Å². The molecule has 1 saturated heterocycles. The van der Waals surface area contributed by atoms with Gasteiger partial charge in [0, 0.05) is 36.7 Å². The minimum absolute atomic E-state index is 0.00290. The average Bonchev–Trinajstić information content (AvgIpc) is 2.80. The highest BCUT2D eigenvalue weighted by atomic mass is 32.2. The third-order valence-electron chi connectivity index (χ3n) is 5.19. The lowest BCUT2D eigenvalue weighted by Crippen LogP contribution is -2.41. The van der Waals surface area contributed by atoms with Crippen LogP contribution < -0.4 is 15.4 Å². The van der Waals surface area contributed by atoms with E-state index in [1.54, 1.807) is 12.4 Å². The predicted octanol–water partition coefficient (Wildman–Crippen LogP) is 2.04. The van der Waals surface area contributed by atoms with Crippen LogP contribution in [0.5, 0.6) is 0 Å². The number of primary sulfonamides is 1. The highest BCUT2D eigenvalue weighted by Gasteiger charge is 2.27. The third kappa shape index (κ3) is 5.04. The van der Waals surface area contributed by atoms with Crippen molar-refractivity contribution in [3.05, 3.63) is 60.9 Å². The standard InChI is InChI=1S/C21H22N6O3S/c22-31(29,30)18-5-3-17(4-6-18)24-21(28)16-2-1-13-27(14-16)20-8-7-19(25-26-20)15-9-11-23-12-10-15/h3-12,16H,1-2,13-14H2,(H,24,28)(H2,22,29,30). The second kappa shape index (κ2) is 8.78. The number of benzene rings is 1. The van der Waals surface area contributed by atoms with E-state index >= 15 is 0 Å². The van der Waals surface area contributed by atoms with Gasteiger partial charge in [0.25, 0.3) is 0 Å². The summed E-state index contributed by atoms with van der Waals surface area (Å²) in [6.07, 6.45) is 5.04. The zero-order valence-electron chi connectivity index (χ0n) is 16.7. The maximum atomic E-state index is 12.7. The van der Waals surface area contributed by atoms with Gasteiger partial charge in [-0.15, -0.1) is 10.2 Å². The van der Waals surface area contributed by atoms with Crippen molar-refractivity contribution in [2.75, 3.05) is 23.3 Å². The number of nitrogens with one attached hydrogen (secondary N) is 1. The molecule has 4 rings (SSSR count). The summed E-state index contributed by atoms with van der Waals surface area (Å²) in [5, 5.41) is 16.6. The number of piperidine rings is 1. The molecule has 1 aromatic carbocycles. The van der Waals surface area contributed by atoms with Crippen molar-refractivity contribution in [3.8, 4) is 11.3 Å². The number of carbonyl (C=O) groups excluding carboxylic acids is 1. The van der Waals surface area contributed by atoms with Gasteiger partial charge < -0.3 is 10.2 Å². The van der Waals surface area contributed by atoms with Gasteiger partial charge in [0.1, 0.15) is 0 Å². The zero-order valence-corrected chi connectivity index (χ0v) is 17.5. The van der Waals surface area contributed by atoms with Crippen LogP contribution in [0.15, 0.2) is 65.8 Å². The van der Waals surface area contributed by atoms with Gasteiger partial charge in [-0.1, -0.05) is 0 Å². The number of amides is 1. The Hall–Kier alpha value is -3.37. The molecule has 0 aliphatic carbocycles. The smallest absolute Gasteiger partial charge is 0.238 e. The largest absolute Gasteiger partial charge is 0.354 e. The number of carbonyl (C=O) groups is 1. The summed E-state index contributed by atoms with van der Waals surface area (Å²) in [5.41, 5.74) is 2.23. The first-order valence-electron chi connectivity index (χ1n) is 9.83. The first-order valence-corrected chi connectivity index (χ1v) is 11.4. The van der Waals surface area contributed by atoms with Gasteiger partial charge in [-0.05, 0) is 61.4 Å². The van der Waals surface area contributed by atoms with Crippen LogP contribution in [0.4, 0.5) is 11.5 Å². The number of rotatable bonds is 5. The van der Waals surface area contributed by atoms with Crippen LogP contribution in [0, 0.1) is 5.92 Å². The summed E-state index contributed by atoms with van der Waals surface area (Å²) in [7, 11) is -3.76. The van der Waals surface area contributed by atoms with E-state index in [-0.39, 0.29) is 16.7 Å². The van der Waals surface area contributed by atoms with Gasteiger partial charge in [0.15, 0.2) is 5.82 Å². The summed E-state index contributed by atoms with van der Waals surface area (Å²) in [5.74, 6) is 0.399. The van der Waals surface area contributed by atoms with Gasteiger partial charge >= 0.3 is 0 Å². The van der Waals surface area contributed by atoms with Crippen LogP contribution in [0.25, 0.3) is 11.3 Å². The van der Waals surface area contributed by atoms with Crippen molar-refractivity contribution in [3.63, 3.8) is 0 Å². The quantitative estimate of drug-likeness (QED) is 0.623. The van der Waals surface area contributed by atoms with Gasteiger partial charge in [0.05, 0.1) is 16.5 Å². The molecule has 10 heteroatoms. The van der Waals surface area contributed by atoms with E-state index in [2.05, 4.69) is 25.4 Å². The Bertz CT molecular complexity index is 1150. The Morgan fingerprint density at radius 3 is 2.42 bits per heavy atom. The van der Waals surface area contributed by atoms with Crippen molar-refractivity contribution >= 4 is 27.4 Å². The minimum atomic E-state index is -3.76. The number of nitrogens with zero attached hydrogens (tertiary/aromatic N) is 4. The molecule has 0 spiro atoms. The minimum Gasteiger partial charge on any atom is -0.354 e. The molecule has 3 N–H and O–H groups in total. The molecule has 1 unspecified atom stereocenters. The Kier molecular flexibility index (Phi) is 5.92. The molecule has 3 heterocycles. The first kappa shape index (κ1) is 20.9. The van der Waals surface area contributed by atoms with E-state index in [0.717, 1.165) is 36.5 Å². The van der Waals surface area contributed by atoms with Gasteiger partial charge in [-0.3, -0.25) is 9.78 Å². The highest BCUT2D eigenvalue weighted by molar-refractivity contribution is 7.89. The fourth-order valence-electron chi connectivity index (χ4n) is 3.54. The number of pyridine rings is 1. The second-order valence-electron chi connectivity index (χ2n) is 7.36. The fourth-order valence-corrected chi connectivity index (χ4v) is 4.06. The molecule has 0 saturated carbocycles. The van der Waals surface area contributed by atoms with E-state index in [1.165, 1.54) is 24.3 Å². The van der Waals surface area contributed by atoms with Crippen molar-refractivity contribution in [2.24, 2.45) is 11.1 Å². The first-order chi connectivity index (χ1) is 14.9. The van der Waals surface area contributed by atoms with E-state index < -0.39 is 10.0 Å². The summed E-state index contributed by atoms with van der Waals surface area (Å²) in [4.78, 5) is 18.8. The molecule has 1 aliphatic heterocycles. The lowest BCUT2D eigenvalue weighted by atomic mass is 9.97. The average molecular weight is 439 g/mol. The molecular weight excluding hydrogens is 416 g/mol. The SMILES string of the molecule is NS(=O)(=O)c1ccc(NC(=O)C2CCCN(c3ccc(-c4ccncc4)nn3)C2)cc1. The number of nitrogens with two attached hydrogens (primary N) is 1. The number of aromatic nitrogens is 3. The maximum Gasteiger partial charge on any atom is 0.238 e. The lowest BCUT2D eigenvalue weighted by molar-refractivity contribution is -0.120. The summed E-state index contributed by atoms with van der Waals surface area (Å²) >= 11 is 0. The Morgan fingerprint density at radius 1 is 1.03 bits per heavy atom. The molecule has 2 aromatic heterocycles. The number of hydrogen-bond donors (Lipinski definition) is 2. The normalized spacial score (nSPS) is 16.7. The third-order valence-corrected chi connectivity index (χ3v) is 6.12. The molecule has 160 valence electrons. The van der Waals surface area contributed by atoms with Crippen LogP contribution in [-0.2, 0) is 14.8 Å². The van der Waals surface area contributed by atoms with Gasteiger partial charge in [0.2, 0.25) is 15.9 Å². The van der Waals surface area contributed by atoms with Crippen LogP contribution in [0.3, 0.4) is 0 Å². The van der Waals surface area contributed by atoms with Gasteiger partial charge in [-0.25, -0.2) is 13.6 Å². The number of anilines is 2. The van der Waals surface area contributed by atoms with E-state index in [0.29, 0.717) is 12.2 Å². The van der Waals surface area contributed by atoms with Crippen molar-refractivity contribution in [1.82, 2.24) is 15.2 Å². The Morgan fingerprint density at radius 2 is 1.77 bits per heavy atom. The number of sulfonamides is 1.